The van der Waals surface area contributed by atoms with Gasteiger partial charge < -0.3 is 0 Å². The van der Waals surface area contributed by atoms with Gasteiger partial charge in [0.2, 0.25) is 0 Å². The largest absolute Gasteiger partial charge is 0.153 e. The molecule has 1 atom stereocenters. The van der Waals surface area contributed by atoms with Crippen molar-refractivity contribution in [2.75, 3.05) is 0 Å². The van der Waals surface area contributed by atoms with E-state index in [0.29, 0.717) is 0 Å². The molecular weight excluding hydrogens is 139 g/mol. The number of rotatable bonds is 0. The SMILES string of the molecule is CC.Cc1ccccc1.P. The van der Waals surface area contributed by atoms with Gasteiger partial charge in [0.15, 0.2) is 0 Å². The Morgan fingerprint density at radius 2 is 1.30 bits per heavy atom. The lowest BCUT2D eigenvalue weighted by molar-refractivity contribution is 1.48. The van der Waals surface area contributed by atoms with Crippen LogP contribution in [0.4, 0.5) is 0 Å². The van der Waals surface area contributed by atoms with E-state index in [1.807, 2.05) is 32.0 Å². The summed E-state index contributed by atoms with van der Waals surface area (Å²) in [5.41, 5.74) is 1.32. The summed E-state index contributed by atoms with van der Waals surface area (Å²) in [6.45, 7) is 6.08. The van der Waals surface area contributed by atoms with Crippen molar-refractivity contribution in [1.82, 2.24) is 0 Å². The summed E-state index contributed by atoms with van der Waals surface area (Å²) >= 11 is 0. The lowest BCUT2D eigenvalue weighted by Gasteiger charge is -1.82. The number of benzene rings is 1. The van der Waals surface area contributed by atoms with Crippen molar-refractivity contribution in [2.24, 2.45) is 0 Å². The predicted molar refractivity (Wildman–Crippen MR) is 53.6 cm³/mol. The Labute approximate surface area is 67.3 Å². The van der Waals surface area contributed by atoms with Crippen LogP contribution in [0.2, 0.25) is 0 Å². The van der Waals surface area contributed by atoms with Crippen LogP contribution in [-0.2, 0) is 0 Å². The monoisotopic (exact) mass is 156 g/mol. The Bertz CT molecular complexity index is 135. The molecule has 58 valence electrons. The van der Waals surface area contributed by atoms with Gasteiger partial charge in [0, 0.05) is 0 Å². The predicted octanol–water partition coefficient (Wildman–Crippen LogP) is 3.08. The highest BCUT2D eigenvalue weighted by Crippen LogP contribution is 1.92. The smallest absolute Gasteiger partial charge is 0.0398 e. The summed E-state index contributed by atoms with van der Waals surface area (Å²) in [5, 5.41) is 0. The molecule has 0 saturated carbocycles. The molecular formula is C9H17P. The third kappa shape index (κ3) is 5.78. The molecule has 0 N–H and O–H groups in total. The molecule has 1 heteroatoms. The highest BCUT2D eigenvalue weighted by Gasteiger charge is 1.72. The molecule has 0 radical (unpaired) electrons. The lowest BCUT2D eigenvalue weighted by atomic mass is 10.2. The highest BCUT2D eigenvalue weighted by atomic mass is 31.0. The summed E-state index contributed by atoms with van der Waals surface area (Å²) in [4.78, 5) is 0. The molecule has 0 amide bonds. The fourth-order valence-corrected chi connectivity index (χ4v) is 0.534. The molecule has 0 aliphatic heterocycles. The molecule has 0 fully saturated rings. The van der Waals surface area contributed by atoms with Gasteiger partial charge >= 0.3 is 0 Å². The maximum atomic E-state index is 2.08. The quantitative estimate of drug-likeness (QED) is 0.506. The minimum absolute atomic E-state index is 0. The Hall–Kier alpha value is -0.350. The maximum absolute atomic E-state index is 2.08. The van der Waals surface area contributed by atoms with E-state index in [1.165, 1.54) is 5.56 Å². The second kappa shape index (κ2) is 8.65. The topological polar surface area (TPSA) is 0 Å². The molecule has 0 saturated heterocycles. The molecule has 1 aromatic rings. The Morgan fingerprint density at radius 3 is 1.50 bits per heavy atom. The van der Waals surface area contributed by atoms with Gasteiger partial charge in [-0.15, -0.1) is 0 Å². The van der Waals surface area contributed by atoms with Crippen LogP contribution in [0.1, 0.15) is 19.4 Å². The molecule has 0 aliphatic carbocycles. The Morgan fingerprint density at radius 1 is 0.900 bits per heavy atom. The minimum atomic E-state index is 0. The van der Waals surface area contributed by atoms with Crippen LogP contribution >= 0.6 is 9.90 Å². The van der Waals surface area contributed by atoms with E-state index in [0.717, 1.165) is 0 Å². The van der Waals surface area contributed by atoms with E-state index in [4.69, 9.17) is 0 Å². The zero-order valence-electron chi connectivity index (χ0n) is 7.09. The third-order valence-corrected chi connectivity index (χ3v) is 0.940. The molecule has 0 heterocycles. The van der Waals surface area contributed by atoms with Gasteiger partial charge in [-0.2, -0.15) is 9.90 Å². The summed E-state index contributed by atoms with van der Waals surface area (Å²) in [5.74, 6) is 0. The van der Waals surface area contributed by atoms with Gasteiger partial charge in [0.25, 0.3) is 0 Å². The van der Waals surface area contributed by atoms with Crippen LogP contribution in [0.3, 0.4) is 0 Å². The first-order chi connectivity index (χ1) is 4.39. The van der Waals surface area contributed by atoms with Gasteiger partial charge in [-0.25, -0.2) is 0 Å². The first-order valence-corrected chi connectivity index (χ1v) is 3.41. The molecule has 10 heavy (non-hydrogen) atoms. The number of hydrogen-bond donors (Lipinski definition) is 0. The van der Waals surface area contributed by atoms with Crippen molar-refractivity contribution in [2.45, 2.75) is 20.8 Å². The first kappa shape index (κ1) is 12.3. The molecule has 1 unspecified atom stereocenters. The second-order valence-corrected chi connectivity index (χ2v) is 1.65. The minimum Gasteiger partial charge on any atom is -0.153 e. The Balaban J connectivity index is 0. The van der Waals surface area contributed by atoms with Crippen molar-refractivity contribution < 1.29 is 0 Å². The fraction of sp³-hybridized carbons (Fsp3) is 0.333. The van der Waals surface area contributed by atoms with Gasteiger partial charge in [-0.05, 0) is 6.92 Å². The van der Waals surface area contributed by atoms with E-state index in [2.05, 4.69) is 19.1 Å². The number of hydrogen-bond acceptors (Lipinski definition) is 0. The first-order valence-electron chi connectivity index (χ1n) is 3.41. The molecule has 0 aliphatic rings. The summed E-state index contributed by atoms with van der Waals surface area (Å²) < 4.78 is 0. The van der Waals surface area contributed by atoms with E-state index in [-0.39, 0.29) is 9.90 Å². The summed E-state index contributed by atoms with van der Waals surface area (Å²) in [7, 11) is 0. The maximum Gasteiger partial charge on any atom is -0.0398 e. The van der Waals surface area contributed by atoms with Crippen molar-refractivity contribution in [3.63, 3.8) is 0 Å². The van der Waals surface area contributed by atoms with Crippen LogP contribution < -0.4 is 0 Å². The molecule has 0 nitrogen and oxygen atoms in total. The normalized spacial score (nSPS) is 6.70. The van der Waals surface area contributed by atoms with Crippen LogP contribution in [0.25, 0.3) is 0 Å². The molecule has 1 rings (SSSR count). The summed E-state index contributed by atoms with van der Waals surface area (Å²) in [6, 6.07) is 10.3. The average molecular weight is 156 g/mol. The lowest BCUT2D eigenvalue weighted by Crippen LogP contribution is -1.62. The van der Waals surface area contributed by atoms with Crippen molar-refractivity contribution in [3.05, 3.63) is 35.9 Å². The van der Waals surface area contributed by atoms with Crippen LogP contribution in [-0.4, -0.2) is 0 Å². The average Bonchev–Trinajstić information content (AvgIpc) is 1.94. The molecule has 0 spiro atoms. The van der Waals surface area contributed by atoms with Gasteiger partial charge in [0.1, 0.15) is 0 Å². The van der Waals surface area contributed by atoms with Crippen molar-refractivity contribution in [3.8, 4) is 0 Å². The zero-order valence-corrected chi connectivity index (χ0v) is 8.51. The molecule has 0 aromatic heterocycles. The van der Waals surface area contributed by atoms with Crippen LogP contribution in [0.15, 0.2) is 30.3 Å². The standard InChI is InChI=1S/C7H8.C2H6.H3P/c1-7-5-3-2-4-6-7;1-2;/h2-6H,1H3;1-2H3;1H3. The Kier molecular flexibility index (Phi) is 10.7. The zero-order chi connectivity index (χ0) is 7.11. The van der Waals surface area contributed by atoms with Crippen LogP contribution in [0.5, 0.6) is 0 Å². The van der Waals surface area contributed by atoms with Gasteiger partial charge in [-0.1, -0.05) is 49.7 Å². The third-order valence-electron chi connectivity index (χ3n) is 0.940. The van der Waals surface area contributed by atoms with E-state index in [1.54, 1.807) is 0 Å². The van der Waals surface area contributed by atoms with Gasteiger partial charge in [0.05, 0.1) is 0 Å². The van der Waals surface area contributed by atoms with E-state index < -0.39 is 0 Å². The van der Waals surface area contributed by atoms with Crippen molar-refractivity contribution >= 4 is 9.90 Å². The van der Waals surface area contributed by atoms with Crippen LogP contribution in [0, 0.1) is 6.92 Å². The highest BCUT2D eigenvalue weighted by molar-refractivity contribution is 6.92. The van der Waals surface area contributed by atoms with E-state index >= 15 is 0 Å². The van der Waals surface area contributed by atoms with Gasteiger partial charge in [-0.3, -0.25) is 0 Å². The summed E-state index contributed by atoms with van der Waals surface area (Å²) in [6.07, 6.45) is 0. The van der Waals surface area contributed by atoms with Crippen molar-refractivity contribution in [1.29, 1.82) is 0 Å². The fourth-order valence-electron chi connectivity index (χ4n) is 0.534. The molecule has 1 aromatic carbocycles. The van der Waals surface area contributed by atoms with E-state index in [9.17, 15) is 0 Å². The number of aryl methyl sites for hydroxylation is 1. The molecule has 0 bridgehead atoms. The second-order valence-electron chi connectivity index (χ2n) is 1.65.